The number of carbonyl (C=O) groups is 3. The Morgan fingerprint density at radius 2 is 1.77 bits per heavy atom. The van der Waals surface area contributed by atoms with E-state index in [9.17, 15) is 19.5 Å². The van der Waals surface area contributed by atoms with Crippen molar-refractivity contribution in [1.82, 2.24) is 10.2 Å². The number of rotatable bonds is 6. The normalized spacial score (nSPS) is 25.2. The molecule has 2 aliphatic heterocycles. The van der Waals surface area contributed by atoms with Crippen LogP contribution in [0.15, 0.2) is 48.5 Å². The molecule has 2 aromatic rings. The first-order valence-corrected chi connectivity index (χ1v) is 12.2. The van der Waals surface area contributed by atoms with Crippen LogP contribution in [0.3, 0.4) is 0 Å². The predicted molar refractivity (Wildman–Crippen MR) is 128 cm³/mol. The number of carboxylic acids is 1. The van der Waals surface area contributed by atoms with E-state index in [0.717, 1.165) is 22.3 Å². The molecule has 3 atom stereocenters. The fourth-order valence-corrected chi connectivity index (χ4v) is 5.67. The highest BCUT2D eigenvalue weighted by atomic mass is 16.5. The maximum absolute atomic E-state index is 13.1. The van der Waals surface area contributed by atoms with Gasteiger partial charge in [-0.25, -0.2) is 9.59 Å². The summed E-state index contributed by atoms with van der Waals surface area (Å²) in [7, 11) is 0. The molecule has 0 bridgehead atoms. The third-order valence-electron chi connectivity index (χ3n) is 7.68. The number of nitrogens with one attached hydrogen (secondary N) is 1. The lowest BCUT2D eigenvalue weighted by Gasteiger charge is -2.34. The van der Waals surface area contributed by atoms with Gasteiger partial charge in [-0.2, -0.15) is 0 Å². The molecule has 35 heavy (non-hydrogen) atoms. The van der Waals surface area contributed by atoms with Gasteiger partial charge in [0.05, 0.1) is 0 Å². The van der Waals surface area contributed by atoms with Crippen LogP contribution in [-0.4, -0.2) is 65.9 Å². The second kappa shape index (κ2) is 9.34. The molecule has 3 aliphatic rings. The number of benzene rings is 2. The highest BCUT2D eigenvalue weighted by Gasteiger charge is 2.49. The average Bonchev–Trinajstić information content (AvgIpc) is 3.57. The van der Waals surface area contributed by atoms with E-state index in [2.05, 4.69) is 29.6 Å². The van der Waals surface area contributed by atoms with Gasteiger partial charge < -0.3 is 24.8 Å². The second-order valence-electron chi connectivity index (χ2n) is 9.72. The SMILES string of the molecule is C[C@@]1(C(=O)O)CCCN1C(=O)[C@@H]1OCC[C@@H]1CNC(=O)OCC1c2ccccc2-c2ccccc21. The van der Waals surface area contributed by atoms with Crippen molar-refractivity contribution in [3.63, 3.8) is 0 Å². The number of carbonyl (C=O) groups excluding carboxylic acids is 2. The Hall–Kier alpha value is -3.39. The number of alkyl carbamates (subject to hydrolysis) is 1. The van der Waals surface area contributed by atoms with Crippen LogP contribution in [0.5, 0.6) is 0 Å². The van der Waals surface area contributed by atoms with Crippen molar-refractivity contribution >= 4 is 18.0 Å². The van der Waals surface area contributed by atoms with E-state index in [1.807, 2.05) is 24.3 Å². The number of fused-ring (bicyclic) bond motifs is 3. The first kappa shape index (κ1) is 23.4. The first-order valence-electron chi connectivity index (χ1n) is 12.2. The number of hydrogen-bond donors (Lipinski definition) is 2. The number of likely N-dealkylation sites (tertiary alicyclic amines) is 1. The Morgan fingerprint density at radius 3 is 2.43 bits per heavy atom. The zero-order valence-corrected chi connectivity index (χ0v) is 19.7. The lowest BCUT2D eigenvalue weighted by Crippen LogP contribution is -2.55. The zero-order chi connectivity index (χ0) is 24.6. The van der Waals surface area contributed by atoms with E-state index in [1.165, 1.54) is 4.90 Å². The van der Waals surface area contributed by atoms with Gasteiger partial charge in [-0.1, -0.05) is 48.5 Å². The average molecular weight is 479 g/mol. The zero-order valence-electron chi connectivity index (χ0n) is 19.7. The maximum Gasteiger partial charge on any atom is 0.407 e. The molecule has 1 aliphatic carbocycles. The molecule has 184 valence electrons. The summed E-state index contributed by atoms with van der Waals surface area (Å²) in [6.45, 7) is 2.82. The Bertz CT molecular complexity index is 1100. The van der Waals surface area contributed by atoms with Gasteiger partial charge in [0.2, 0.25) is 0 Å². The summed E-state index contributed by atoms with van der Waals surface area (Å²) in [5.74, 6) is -1.58. The predicted octanol–water partition coefficient (Wildman–Crippen LogP) is 3.40. The van der Waals surface area contributed by atoms with E-state index in [-0.39, 0.29) is 30.9 Å². The summed E-state index contributed by atoms with van der Waals surface area (Å²) in [6.07, 6.45) is 0.368. The molecule has 2 saturated heterocycles. The van der Waals surface area contributed by atoms with Crippen molar-refractivity contribution in [2.75, 3.05) is 26.3 Å². The number of hydrogen-bond acceptors (Lipinski definition) is 5. The standard InChI is InChI=1S/C27H30N2O6/c1-27(25(31)32)12-6-13-29(27)24(30)23-17(11-14-34-23)15-28-26(33)35-16-22-20-9-4-2-7-18(20)19-8-3-5-10-21(19)22/h2-5,7-10,17,22-23H,6,11-16H2,1H3,(H,28,33)(H,31,32)/t17-,23-,27+/m1/s1. The first-order chi connectivity index (χ1) is 16.9. The van der Waals surface area contributed by atoms with Gasteiger partial charge in [0.1, 0.15) is 18.2 Å². The third-order valence-corrected chi connectivity index (χ3v) is 7.68. The summed E-state index contributed by atoms with van der Waals surface area (Å²) in [5, 5.41) is 12.4. The molecule has 0 aromatic heterocycles. The highest BCUT2D eigenvalue weighted by molar-refractivity contribution is 5.90. The molecule has 2 amide bonds. The smallest absolute Gasteiger partial charge is 0.407 e. The van der Waals surface area contributed by atoms with Crippen molar-refractivity contribution in [2.24, 2.45) is 5.92 Å². The van der Waals surface area contributed by atoms with E-state index < -0.39 is 23.7 Å². The van der Waals surface area contributed by atoms with Gasteiger partial charge >= 0.3 is 12.1 Å². The van der Waals surface area contributed by atoms with E-state index in [4.69, 9.17) is 9.47 Å². The van der Waals surface area contributed by atoms with E-state index >= 15 is 0 Å². The van der Waals surface area contributed by atoms with Gasteiger partial charge in [0.25, 0.3) is 5.91 Å². The van der Waals surface area contributed by atoms with Crippen LogP contribution >= 0.6 is 0 Å². The molecular weight excluding hydrogens is 448 g/mol. The maximum atomic E-state index is 13.1. The fraction of sp³-hybridized carbons (Fsp3) is 0.444. The summed E-state index contributed by atoms with van der Waals surface area (Å²) in [5.41, 5.74) is 3.40. The molecule has 0 spiro atoms. The van der Waals surface area contributed by atoms with E-state index in [1.54, 1.807) is 6.92 Å². The van der Waals surface area contributed by atoms with Gasteiger partial charge in [-0.3, -0.25) is 4.79 Å². The Balaban J connectivity index is 1.18. The van der Waals surface area contributed by atoms with Crippen molar-refractivity contribution < 1.29 is 29.0 Å². The minimum absolute atomic E-state index is 0.0267. The van der Waals surface area contributed by atoms with Gasteiger partial charge in [-0.05, 0) is 48.4 Å². The minimum Gasteiger partial charge on any atom is -0.480 e. The van der Waals surface area contributed by atoms with Crippen LogP contribution in [0.2, 0.25) is 0 Å². The summed E-state index contributed by atoms with van der Waals surface area (Å²) >= 11 is 0. The quantitative estimate of drug-likeness (QED) is 0.659. The number of aliphatic carboxylic acids is 1. The van der Waals surface area contributed by atoms with Crippen LogP contribution in [0, 0.1) is 5.92 Å². The number of nitrogens with zero attached hydrogens (tertiary/aromatic N) is 1. The van der Waals surface area contributed by atoms with Gasteiger partial charge in [-0.15, -0.1) is 0 Å². The van der Waals surface area contributed by atoms with Crippen molar-refractivity contribution in [3.8, 4) is 11.1 Å². The molecule has 8 nitrogen and oxygen atoms in total. The minimum atomic E-state index is -1.21. The van der Waals surface area contributed by atoms with Crippen LogP contribution in [-0.2, 0) is 19.1 Å². The van der Waals surface area contributed by atoms with E-state index in [0.29, 0.717) is 32.4 Å². The van der Waals surface area contributed by atoms with Crippen LogP contribution in [0.1, 0.15) is 43.2 Å². The molecule has 0 unspecified atom stereocenters. The molecule has 2 fully saturated rings. The summed E-state index contributed by atoms with van der Waals surface area (Å²) in [4.78, 5) is 38.9. The molecule has 0 radical (unpaired) electrons. The lowest BCUT2D eigenvalue weighted by molar-refractivity contribution is -0.160. The molecule has 2 N–H and O–H groups in total. The molecule has 8 heteroatoms. The molecule has 2 heterocycles. The highest BCUT2D eigenvalue weighted by Crippen LogP contribution is 2.44. The van der Waals surface area contributed by atoms with Crippen LogP contribution in [0.4, 0.5) is 4.79 Å². The summed E-state index contributed by atoms with van der Waals surface area (Å²) < 4.78 is 11.3. The van der Waals surface area contributed by atoms with Crippen molar-refractivity contribution in [2.45, 2.75) is 43.7 Å². The fourth-order valence-electron chi connectivity index (χ4n) is 5.67. The van der Waals surface area contributed by atoms with Crippen LogP contribution in [0.25, 0.3) is 11.1 Å². The third kappa shape index (κ3) is 4.16. The van der Waals surface area contributed by atoms with Crippen molar-refractivity contribution in [3.05, 3.63) is 59.7 Å². The largest absolute Gasteiger partial charge is 0.480 e. The number of carboxylic acid groups (broad SMARTS) is 1. The molecular formula is C27H30N2O6. The number of ether oxygens (including phenoxy) is 2. The topological polar surface area (TPSA) is 105 Å². The lowest BCUT2D eigenvalue weighted by atomic mass is 9.96. The van der Waals surface area contributed by atoms with Crippen LogP contribution < -0.4 is 5.32 Å². The summed E-state index contributed by atoms with van der Waals surface area (Å²) in [6, 6.07) is 16.3. The Morgan fingerprint density at radius 1 is 1.11 bits per heavy atom. The second-order valence-corrected chi connectivity index (χ2v) is 9.72. The monoisotopic (exact) mass is 478 g/mol. The Kier molecular flexibility index (Phi) is 6.23. The van der Waals surface area contributed by atoms with Crippen molar-refractivity contribution in [1.29, 1.82) is 0 Å². The van der Waals surface area contributed by atoms with Gasteiger partial charge in [0, 0.05) is 31.5 Å². The Labute approximate surface area is 204 Å². The molecule has 0 saturated carbocycles. The number of amides is 2. The molecule has 2 aromatic carbocycles. The molecule has 5 rings (SSSR count). The van der Waals surface area contributed by atoms with Gasteiger partial charge in [0.15, 0.2) is 0 Å².